The summed E-state index contributed by atoms with van der Waals surface area (Å²) in [6, 6.07) is 4.53. The van der Waals surface area contributed by atoms with Crippen LogP contribution in [-0.4, -0.2) is 57.2 Å². The van der Waals surface area contributed by atoms with Crippen LogP contribution in [0.15, 0.2) is 18.2 Å². The van der Waals surface area contributed by atoms with Crippen molar-refractivity contribution >= 4 is 35.2 Å². The Hall–Kier alpha value is -4.28. The number of rotatable bonds is 6. The number of fused-ring (bicyclic) bond motifs is 2. The Balaban J connectivity index is 1.53. The van der Waals surface area contributed by atoms with E-state index < -0.39 is 35.8 Å². The van der Waals surface area contributed by atoms with Gasteiger partial charge >= 0.3 is 12.0 Å². The summed E-state index contributed by atoms with van der Waals surface area (Å²) in [6.45, 7) is 7.49. The summed E-state index contributed by atoms with van der Waals surface area (Å²) in [4.78, 5) is 57.7. The number of hydrogen-bond acceptors (Lipinski definition) is 7. The van der Waals surface area contributed by atoms with Gasteiger partial charge in [-0.05, 0) is 42.9 Å². The minimum atomic E-state index is -1.44. The molecule has 0 spiro atoms. The third-order valence-electron chi connectivity index (χ3n) is 7.41. The van der Waals surface area contributed by atoms with Crippen LogP contribution >= 0.6 is 0 Å². The topological polar surface area (TPSA) is 167 Å². The number of nitrogens with one attached hydrogen (secondary N) is 1. The molecule has 1 aromatic heterocycles. The molecule has 1 aromatic carbocycles. The first-order chi connectivity index (χ1) is 18.3. The number of carbonyl (C=O) groups is 4. The van der Waals surface area contributed by atoms with Crippen molar-refractivity contribution in [1.82, 2.24) is 9.88 Å². The second-order valence-corrected chi connectivity index (χ2v) is 11.4. The number of aromatic nitrogens is 1. The van der Waals surface area contributed by atoms with Crippen molar-refractivity contribution in [2.45, 2.75) is 70.9 Å². The lowest BCUT2D eigenvalue weighted by molar-refractivity contribution is -0.142. The van der Waals surface area contributed by atoms with Crippen LogP contribution in [0.5, 0.6) is 5.75 Å². The van der Waals surface area contributed by atoms with Gasteiger partial charge in [-0.1, -0.05) is 26.8 Å². The number of aliphatic carboxylic acids is 1. The maximum atomic E-state index is 13.7. The van der Waals surface area contributed by atoms with Crippen molar-refractivity contribution in [3.8, 4) is 5.75 Å². The van der Waals surface area contributed by atoms with Crippen molar-refractivity contribution in [3.05, 3.63) is 51.8 Å². The van der Waals surface area contributed by atoms with E-state index in [1.165, 1.54) is 0 Å². The first kappa shape index (κ1) is 26.3. The number of anilines is 1. The molecule has 11 heteroatoms. The molecule has 204 valence electrons. The summed E-state index contributed by atoms with van der Waals surface area (Å²) >= 11 is 0. The lowest BCUT2D eigenvalue weighted by Gasteiger charge is -2.37. The van der Waals surface area contributed by atoms with Gasteiger partial charge in [0.2, 0.25) is 0 Å². The van der Waals surface area contributed by atoms with Crippen molar-refractivity contribution in [2.24, 2.45) is 5.73 Å². The molecular weight excluding hydrogens is 502 g/mol. The Morgan fingerprint density at radius 2 is 1.92 bits per heavy atom. The Morgan fingerprint density at radius 3 is 2.51 bits per heavy atom. The maximum absolute atomic E-state index is 13.7. The molecule has 4 N–H and O–H groups in total. The number of ketones is 1. The highest BCUT2D eigenvalue weighted by molar-refractivity contribution is 6.19. The number of ether oxygens (including phenoxy) is 1. The predicted octanol–water partition coefficient (Wildman–Crippen LogP) is 3.24. The molecule has 3 heterocycles. The zero-order chi connectivity index (χ0) is 28.4. The molecule has 1 fully saturated rings. The van der Waals surface area contributed by atoms with Crippen LogP contribution < -0.4 is 15.4 Å². The number of amides is 3. The molecule has 2 aliphatic heterocycles. The average Bonchev–Trinajstić information content (AvgIpc) is 3.64. The van der Waals surface area contributed by atoms with Crippen LogP contribution in [-0.2, 0) is 21.5 Å². The van der Waals surface area contributed by atoms with E-state index in [-0.39, 0.29) is 35.2 Å². The van der Waals surface area contributed by atoms with Crippen LogP contribution in [0.4, 0.5) is 10.5 Å². The van der Waals surface area contributed by atoms with E-state index in [0.717, 1.165) is 24.1 Å². The van der Waals surface area contributed by atoms with Crippen LogP contribution in [0.3, 0.4) is 0 Å². The van der Waals surface area contributed by atoms with Gasteiger partial charge in [-0.15, -0.1) is 0 Å². The molecule has 1 saturated carbocycles. The number of Topliss-reactive ketones (excluding diaryl/α,β-unsaturated/α-hetero) is 1. The zero-order valence-electron chi connectivity index (χ0n) is 22.3. The number of nitrogens with zero attached hydrogens (tertiary/aromatic N) is 3. The number of pyridine rings is 1. The molecule has 39 heavy (non-hydrogen) atoms. The molecule has 0 bridgehead atoms. The van der Waals surface area contributed by atoms with E-state index in [4.69, 9.17) is 15.9 Å². The number of carbonyl (C=O) groups excluding carboxylic acids is 3. The molecule has 5 rings (SSSR count). The van der Waals surface area contributed by atoms with Crippen LogP contribution in [0.2, 0.25) is 0 Å². The second kappa shape index (κ2) is 9.18. The molecule has 0 radical (unpaired) electrons. The quantitative estimate of drug-likeness (QED) is 0.476. The fraction of sp³-hybridized carbons (Fsp3) is 0.429. The van der Waals surface area contributed by atoms with E-state index in [0.29, 0.717) is 34.2 Å². The highest BCUT2D eigenvalue weighted by Crippen LogP contribution is 2.46. The molecule has 3 aliphatic rings. The van der Waals surface area contributed by atoms with E-state index >= 15 is 0 Å². The van der Waals surface area contributed by atoms with Gasteiger partial charge in [-0.3, -0.25) is 19.8 Å². The summed E-state index contributed by atoms with van der Waals surface area (Å²) < 4.78 is 5.89. The summed E-state index contributed by atoms with van der Waals surface area (Å²) in [5.74, 6) is -1.71. The minimum absolute atomic E-state index is 0.0421. The average molecular weight is 534 g/mol. The number of primary amides is 1. The van der Waals surface area contributed by atoms with Crippen LogP contribution in [0, 0.1) is 12.3 Å². The van der Waals surface area contributed by atoms with Crippen LogP contribution in [0.25, 0.3) is 0 Å². The molecule has 3 amide bonds. The molecule has 1 aliphatic carbocycles. The Morgan fingerprint density at radius 1 is 1.23 bits per heavy atom. The fourth-order valence-electron chi connectivity index (χ4n) is 5.20. The SMILES string of the molecule is Cc1c(C(=O)CN2Cc3ccc(C4CC4)nc3C2=N)cc(C(C)(C)C)c2c1N(C(N)=O)C(=O)C(CC(=O)O)O2. The normalized spacial score (nSPS) is 18.5. The third-order valence-corrected chi connectivity index (χ3v) is 7.41. The van der Waals surface area contributed by atoms with Gasteiger partial charge in [0.05, 0.1) is 18.7 Å². The number of imide groups is 1. The Bertz CT molecular complexity index is 1460. The number of nitrogens with two attached hydrogens (primary N) is 1. The summed E-state index contributed by atoms with van der Waals surface area (Å²) in [5, 5.41) is 18.0. The van der Waals surface area contributed by atoms with E-state index in [1.807, 2.05) is 32.9 Å². The second-order valence-electron chi connectivity index (χ2n) is 11.4. The minimum Gasteiger partial charge on any atom is -0.481 e. The van der Waals surface area contributed by atoms with Crippen LogP contribution in [0.1, 0.15) is 84.4 Å². The van der Waals surface area contributed by atoms with Gasteiger partial charge in [0.1, 0.15) is 17.3 Å². The van der Waals surface area contributed by atoms with Gasteiger partial charge in [0.25, 0.3) is 5.91 Å². The highest BCUT2D eigenvalue weighted by atomic mass is 16.5. The first-order valence-electron chi connectivity index (χ1n) is 12.8. The molecular formula is C28H31N5O6. The van der Waals surface area contributed by atoms with Crippen molar-refractivity contribution in [3.63, 3.8) is 0 Å². The van der Waals surface area contributed by atoms with Crippen molar-refractivity contribution in [1.29, 1.82) is 5.41 Å². The third kappa shape index (κ3) is 4.62. The molecule has 11 nitrogen and oxygen atoms in total. The number of amidine groups is 1. The first-order valence-corrected chi connectivity index (χ1v) is 12.8. The smallest absolute Gasteiger partial charge is 0.326 e. The standard InChI is InChI=1S/C28H31N5O6/c1-13-16(19(34)12-32-11-15-7-8-18(14-5-6-14)31-22(15)25(32)29)9-17(28(2,3)4)24-23(13)33(27(30)38)26(37)20(39-24)10-21(35)36/h7-9,14,20,29H,5-6,10-12H2,1-4H3,(H2,30,38)(H,35,36). The van der Waals surface area contributed by atoms with E-state index in [1.54, 1.807) is 17.9 Å². The molecule has 1 unspecified atom stereocenters. The zero-order valence-corrected chi connectivity index (χ0v) is 22.3. The molecule has 2 aromatic rings. The van der Waals surface area contributed by atoms with Gasteiger partial charge in [-0.2, -0.15) is 0 Å². The van der Waals surface area contributed by atoms with Gasteiger partial charge in [0, 0.05) is 34.8 Å². The van der Waals surface area contributed by atoms with E-state index in [9.17, 15) is 24.3 Å². The highest BCUT2D eigenvalue weighted by Gasteiger charge is 2.43. The number of carboxylic acid groups (broad SMARTS) is 1. The van der Waals surface area contributed by atoms with Gasteiger partial charge < -0.3 is 20.5 Å². The van der Waals surface area contributed by atoms with Crippen molar-refractivity contribution < 1.29 is 29.0 Å². The Kier molecular flexibility index (Phi) is 6.20. The van der Waals surface area contributed by atoms with Crippen molar-refractivity contribution in [2.75, 3.05) is 11.4 Å². The van der Waals surface area contributed by atoms with Gasteiger partial charge in [0.15, 0.2) is 11.9 Å². The largest absolute Gasteiger partial charge is 0.481 e. The predicted molar refractivity (Wildman–Crippen MR) is 141 cm³/mol. The summed E-state index contributed by atoms with van der Waals surface area (Å²) in [6.07, 6.45) is 0.0990. The monoisotopic (exact) mass is 533 g/mol. The lowest BCUT2D eigenvalue weighted by atomic mass is 9.82. The number of benzene rings is 1. The molecule has 0 saturated heterocycles. The summed E-state index contributed by atoms with van der Waals surface area (Å²) in [7, 11) is 0. The maximum Gasteiger partial charge on any atom is 0.326 e. The number of carboxylic acids is 1. The Labute approximate surface area is 225 Å². The number of hydrogen-bond donors (Lipinski definition) is 3. The van der Waals surface area contributed by atoms with E-state index in [2.05, 4.69) is 4.98 Å². The van der Waals surface area contributed by atoms with Gasteiger partial charge in [-0.25, -0.2) is 14.7 Å². The number of urea groups is 1. The lowest BCUT2D eigenvalue weighted by Crippen LogP contribution is -2.52. The molecule has 1 atom stereocenters. The fourth-order valence-corrected chi connectivity index (χ4v) is 5.20. The summed E-state index contributed by atoms with van der Waals surface area (Å²) in [5.41, 5.74) is 8.57.